The lowest BCUT2D eigenvalue weighted by Crippen LogP contribution is -2.50. The number of rotatable bonds is 2. The summed E-state index contributed by atoms with van der Waals surface area (Å²) in [6.45, 7) is 1.63. The van der Waals surface area contributed by atoms with Crippen molar-refractivity contribution < 1.29 is 14.0 Å². The van der Waals surface area contributed by atoms with Crippen molar-refractivity contribution in [1.82, 2.24) is 19.8 Å². The number of hydrogen-bond donors (Lipinski definition) is 0. The second kappa shape index (κ2) is 6.51. The van der Waals surface area contributed by atoms with E-state index in [1.807, 2.05) is 0 Å². The molecule has 0 aliphatic carbocycles. The van der Waals surface area contributed by atoms with Crippen molar-refractivity contribution in [1.29, 1.82) is 0 Å². The molecular weight excluding hydrogens is 299 g/mol. The molecule has 0 bridgehead atoms. The Kier molecular flexibility index (Phi) is 4.27. The maximum atomic E-state index is 13.2. The zero-order valence-corrected chi connectivity index (χ0v) is 12.4. The van der Waals surface area contributed by atoms with E-state index in [9.17, 15) is 14.0 Å². The normalized spacial score (nSPS) is 14.7. The van der Waals surface area contributed by atoms with Gasteiger partial charge < -0.3 is 9.80 Å². The minimum Gasteiger partial charge on any atom is -0.335 e. The van der Waals surface area contributed by atoms with Gasteiger partial charge in [-0.2, -0.15) is 0 Å². The molecule has 0 spiro atoms. The number of hydrogen-bond acceptors (Lipinski definition) is 4. The number of benzene rings is 1. The van der Waals surface area contributed by atoms with Crippen molar-refractivity contribution in [2.75, 3.05) is 26.2 Å². The molecule has 0 unspecified atom stereocenters. The molecule has 7 heteroatoms. The number of halogens is 1. The Morgan fingerprint density at radius 1 is 1.00 bits per heavy atom. The molecule has 1 aromatic heterocycles. The molecule has 1 fully saturated rings. The van der Waals surface area contributed by atoms with Gasteiger partial charge in [0.25, 0.3) is 11.8 Å². The van der Waals surface area contributed by atoms with Gasteiger partial charge in [0.2, 0.25) is 0 Å². The topological polar surface area (TPSA) is 66.4 Å². The minimum atomic E-state index is -0.438. The molecule has 1 aliphatic rings. The first-order chi connectivity index (χ1) is 11.1. The van der Waals surface area contributed by atoms with Gasteiger partial charge in [0.05, 0.1) is 6.20 Å². The predicted molar refractivity (Wildman–Crippen MR) is 80.2 cm³/mol. The van der Waals surface area contributed by atoms with Crippen LogP contribution in [0.25, 0.3) is 0 Å². The summed E-state index contributed by atoms with van der Waals surface area (Å²) in [5.74, 6) is -0.862. The van der Waals surface area contributed by atoms with E-state index in [1.165, 1.54) is 36.8 Å². The lowest BCUT2D eigenvalue weighted by Gasteiger charge is -2.34. The fourth-order valence-corrected chi connectivity index (χ4v) is 2.49. The largest absolute Gasteiger partial charge is 0.335 e. The van der Waals surface area contributed by atoms with Crippen LogP contribution >= 0.6 is 0 Å². The molecule has 2 aromatic rings. The van der Waals surface area contributed by atoms with Crippen LogP contribution in [-0.2, 0) is 0 Å². The van der Waals surface area contributed by atoms with Crippen molar-refractivity contribution in [3.05, 3.63) is 59.9 Å². The van der Waals surface area contributed by atoms with Crippen molar-refractivity contribution >= 4 is 11.8 Å². The molecule has 23 heavy (non-hydrogen) atoms. The Bertz CT molecular complexity index is 715. The molecule has 118 valence electrons. The number of carbonyl (C=O) groups is 2. The fourth-order valence-electron chi connectivity index (χ4n) is 2.49. The van der Waals surface area contributed by atoms with Crippen LogP contribution in [0.2, 0.25) is 0 Å². The highest BCUT2D eigenvalue weighted by Gasteiger charge is 2.26. The lowest BCUT2D eigenvalue weighted by molar-refractivity contribution is 0.0532. The van der Waals surface area contributed by atoms with Gasteiger partial charge in [-0.05, 0) is 18.2 Å². The highest BCUT2D eigenvalue weighted by molar-refractivity contribution is 5.95. The number of aromatic nitrogens is 2. The second-order valence-electron chi connectivity index (χ2n) is 5.19. The van der Waals surface area contributed by atoms with Gasteiger partial charge in [0.15, 0.2) is 0 Å². The summed E-state index contributed by atoms with van der Waals surface area (Å²) in [5, 5.41) is 0. The van der Waals surface area contributed by atoms with E-state index in [0.29, 0.717) is 31.7 Å². The third-order valence-electron chi connectivity index (χ3n) is 3.71. The zero-order valence-electron chi connectivity index (χ0n) is 12.4. The molecule has 0 radical (unpaired) electrons. The van der Waals surface area contributed by atoms with Gasteiger partial charge >= 0.3 is 0 Å². The van der Waals surface area contributed by atoms with E-state index in [-0.39, 0.29) is 17.5 Å². The van der Waals surface area contributed by atoms with E-state index in [1.54, 1.807) is 15.9 Å². The van der Waals surface area contributed by atoms with Crippen LogP contribution in [0.1, 0.15) is 20.8 Å². The van der Waals surface area contributed by atoms with E-state index >= 15 is 0 Å². The summed E-state index contributed by atoms with van der Waals surface area (Å²) < 4.78 is 13.2. The maximum absolute atomic E-state index is 13.2. The van der Waals surface area contributed by atoms with Crippen molar-refractivity contribution in [3.8, 4) is 0 Å². The van der Waals surface area contributed by atoms with Gasteiger partial charge in [-0.1, -0.05) is 6.07 Å². The van der Waals surface area contributed by atoms with Crippen LogP contribution in [0.5, 0.6) is 0 Å². The number of piperazine rings is 1. The summed E-state index contributed by atoms with van der Waals surface area (Å²) in [5.41, 5.74) is 0.608. The molecule has 2 amide bonds. The fraction of sp³-hybridized carbons (Fsp3) is 0.250. The van der Waals surface area contributed by atoms with Gasteiger partial charge in [-0.25, -0.2) is 9.37 Å². The molecule has 0 saturated carbocycles. The highest BCUT2D eigenvalue weighted by Crippen LogP contribution is 2.11. The third-order valence-corrected chi connectivity index (χ3v) is 3.71. The molecule has 1 saturated heterocycles. The van der Waals surface area contributed by atoms with Crippen LogP contribution in [0.15, 0.2) is 42.9 Å². The van der Waals surface area contributed by atoms with Crippen molar-refractivity contribution in [2.45, 2.75) is 0 Å². The molecule has 6 nitrogen and oxygen atoms in total. The Hall–Kier alpha value is -2.83. The monoisotopic (exact) mass is 314 g/mol. The molecule has 1 aliphatic heterocycles. The van der Waals surface area contributed by atoms with Gasteiger partial charge in [0.1, 0.15) is 11.5 Å². The Morgan fingerprint density at radius 3 is 2.30 bits per heavy atom. The minimum absolute atomic E-state index is 0.198. The smallest absolute Gasteiger partial charge is 0.274 e. The Labute approximate surface area is 132 Å². The van der Waals surface area contributed by atoms with Crippen LogP contribution in [0, 0.1) is 5.82 Å². The molecule has 0 N–H and O–H groups in total. The lowest BCUT2D eigenvalue weighted by atomic mass is 10.1. The quantitative estimate of drug-likeness (QED) is 0.836. The maximum Gasteiger partial charge on any atom is 0.274 e. The van der Waals surface area contributed by atoms with Crippen LogP contribution in [0.4, 0.5) is 4.39 Å². The summed E-state index contributed by atoms with van der Waals surface area (Å²) in [6.07, 6.45) is 4.40. The van der Waals surface area contributed by atoms with E-state index in [0.717, 1.165) is 0 Å². The van der Waals surface area contributed by atoms with Crippen LogP contribution in [-0.4, -0.2) is 57.8 Å². The molecule has 3 rings (SSSR count). The third kappa shape index (κ3) is 3.33. The van der Waals surface area contributed by atoms with E-state index in [2.05, 4.69) is 9.97 Å². The van der Waals surface area contributed by atoms with E-state index in [4.69, 9.17) is 0 Å². The number of carbonyl (C=O) groups excluding carboxylic acids is 2. The Morgan fingerprint density at radius 2 is 1.70 bits per heavy atom. The number of amides is 2. The first-order valence-electron chi connectivity index (χ1n) is 7.25. The Balaban J connectivity index is 1.62. The zero-order chi connectivity index (χ0) is 16.2. The van der Waals surface area contributed by atoms with Crippen molar-refractivity contribution in [3.63, 3.8) is 0 Å². The summed E-state index contributed by atoms with van der Waals surface area (Å²) >= 11 is 0. The van der Waals surface area contributed by atoms with Crippen LogP contribution in [0.3, 0.4) is 0 Å². The first-order valence-corrected chi connectivity index (χ1v) is 7.25. The summed E-state index contributed by atoms with van der Waals surface area (Å²) in [4.78, 5) is 35.7. The SMILES string of the molecule is O=C(c1cccc(F)c1)N1CCN(C(=O)c2cnccn2)CC1. The van der Waals surface area contributed by atoms with Gasteiger partial charge in [-0.15, -0.1) is 0 Å². The average molecular weight is 314 g/mol. The summed E-state index contributed by atoms with van der Waals surface area (Å²) in [6, 6.07) is 5.62. The van der Waals surface area contributed by atoms with Crippen molar-refractivity contribution in [2.24, 2.45) is 0 Å². The van der Waals surface area contributed by atoms with Gasteiger partial charge in [0, 0.05) is 44.1 Å². The standard InChI is InChI=1S/C16H15FN4O2/c17-13-3-1-2-12(10-13)15(22)20-6-8-21(9-7-20)16(23)14-11-18-4-5-19-14/h1-5,10-11H,6-9H2. The predicted octanol–water partition coefficient (Wildman–Crippen LogP) is 1.21. The highest BCUT2D eigenvalue weighted by atomic mass is 19.1. The molecule has 2 heterocycles. The first kappa shape index (κ1) is 15.1. The average Bonchev–Trinajstić information content (AvgIpc) is 2.61. The van der Waals surface area contributed by atoms with Crippen LogP contribution < -0.4 is 0 Å². The number of nitrogens with zero attached hydrogens (tertiary/aromatic N) is 4. The molecule has 1 aromatic carbocycles. The second-order valence-corrected chi connectivity index (χ2v) is 5.19. The molecular formula is C16H15FN4O2. The van der Waals surface area contributed by atoms with E-state index < -0.39 is 5.82 Å². The summed E-state index contributed by atoms with van der Waals surface area (Å²) in [7, 11) is 0. The molecule has 0 atom stereocenters. The van der Waals surface area contributed by atoms with Gasteiger partial charge in [-0.3, -0.25) is 14.6 Å².